The number of carbonyl (C=O) groups excluding carboxylic acids is 1. The molecule has 9 nitrogen and oxygen atoms in total. The number of amides is 1. The lowest BCUT2D eigenvalue weighted by molar-refractivity contribution is -0.0505. The van der Waals surface area contributed by atoms with E-state index < -0.39 is 6.61 Å². The molecule has 194 valence electrons. The van der Waals surface area contributed by atoms with Crippen molar-refractivity contribution < 1.29 is 18.3 Å². The van der Waals surface area contributed by atoms with Crippen LogP contribution in [0.4, 0.5) is 8.78 Å². The number of hydrogen-bond donors (Lipinski definition) is 1. The number of rotatable bonds is 5. The lowest BCUT2D eigenvalue weighted by atomic mass is 9.68. The Balaban J connectivity index is 1.35. The van der Waals surface area contributed by atoms with E-state index in [0.29, 0.717) is 35.4 Å². The summed E-state index contributed by atoms with van der Waals surface area (Å²) >= 11 is 0. The summed E-state index contributed by atoms with van der Waals surface area (Å²) in [7, 11) is 1.72. The van der Waals surface area contributed by atoms with E-state index in [1.54, 1.807) is 41.0 Å². The maximum Gasteiger partial charge on any atom is 0.387 e. The highest BCUT2D eigenvalue weighted by Gasteiger charge is 2.46. The van der Waals surface area contributed by atoms with E-state index in [0.717, 1.165) is 41.9 Å². The summed E-state index contributed by atoms with van der Waals surface area (Å²) in [5.74, 6) is 0.141. The third kappa shape index (κ3) is 3.20. The predicted octanol–water partition coefficient (Wildman–Crippen LogP) is 3.83. The molecule has 1 saturated carbocycles. The van der Waals surface area contributed by atoms with Crippen LogP contribution in [-0.2, 0) is 5.41 Å². The zero-order valence-electron chi connectivity index (χ0n) is 20.6. The summed E-state index contributed by atoms with van der Waals surface area (Å²) in [6.45, 7) is -2.49. The number of hydrogen-bond acceptors (Lipinski definition) is 7. The number of nitrogens with two attached hydrogens (primary N) is 1. The van der Waals surface area contributed by atoms with Gasteiger partial charge in [-0.3, -0.25) is 4.79 Å². The minimum absolute atomic E-state index is 0.00192. The SMILES string of the molecule is CN1C(=O)c2cccc(OC(F)F)c2C2CC1c1nn3ccc(-c4cnc(C5(CN)CCC5)nc4)nc3c12. The van der Waals surface area contributed by atoms with Gasteiger partial charge in [0.15, 0.2) is 5.65 Å². The normalized spacial score (nSPS) is 21.3. The van der Waals surface area contributed by atoms with Crippen LogP contribution in [0, 0.1) is 0 Å². The minimum atomic E-state index is -3.01. The molecule has 1 fully saturated rings. The van der Waals surface area contributed by atoms with Gasteiger partial charge in [0.1, 0.15) is 11.6 Å². The van der Waals surface area contributed by atoms with Gasteiger partial charge in [0, 0.05) is 65.8 Å². The first kappa shape index (κ1) is 23.2. The second-order valence-corrected chi connectivity index (χ2v) is 10.3. The fraction of sp³-hybridized carbons (Fsp3) is 0.370. The molecular weight excluding hydrogens is 492 g/mol. The number of carbonyl (C=O) groups is 1. The van der Waals surface area contributed by atoms with Crippen LogP contribution in [0.5, 0.6) is 5.75 Å². The molecule has 1 aliphatic heterocycles. The highest BCUT2D eigenvalue weighted by molar-refractivity contribution is 5.98. The summed E-state index contributed by atoms with van der Waals surface area (Å²) in [5.41, 5.74) is 10.3. The largest absolute Gasteiger partial charge is 0.434 e. The summed E-state index contributed by atoms with van der Waals surface area (Å²) < 4.78 is 33.2. The van der Waals surface area contributed by atoms with Gasteiger partial charge in [0.25, 0.3) is 5.91 Å². The van der Waals surface area contributed by atoms with Crippen molar-refractivity contribution >= 4 is 11.6 Å². The number of benzene rings is 1. The van der Waals surface area contributed by atoms with Crippen molar-refractivity contribution in [2.75, 3.05) is 13.6 Å². The molecule has 11 heteroatoms. The molecule has 4 aromatic rings. The third-order valence-electron chi connectivity index (χ3n) is 8.44. The Bertz CT molecular complexity index is 1580. The summed E-state index contributed by atoms with van der Waals surface area (Å²) in [6.07, 6.45) is 8.98. The highest BCUT2D eigenvalue weighted by Crippen LogP contribution is 2.53. The maximum absolute atomic E-state index is 13.3. The van der Waals surface area contributed by atoms with Crippen molar-refractivity contribution in [3.63, 3.8) is 0 Å². The molecule has 3 aromatic heterocycles. The number of aromatic nitrogens is 5. The monoisotopic (exact) mass is 517 g/mol. The van der Waals surface area contributed by atoms with Crippen molar-refractivity contribution in [3.05, 3.63) is 71.1 Å². The van der Waals surface area contributed by atoms with Crippen LogP contribution in [0.2, 0.25) is 0 Å². The predicted molar refractivity (Wildman–Crippen MR) is 133 cm³/mol. The Hall–Kier alpha value is -3.99. The van der Waals surface area contributed by atoms with E-state index in [2.05, 4.69) is 9.97 Å². The molecular formula is C27H25F2N7O2. The molecule has 2 N–H and O–H groups in total. The molecule has 4 heterocycles. The van der Waals surface area contributed by atoms with Crippen LogP contribution >= 0.6 is 0 Å². The van der Waals surface area contributed by atoms with Gasteiger partial charge in [-0.25, -0.2) is 19.5 Å². The maximum atomic E-state index is 13.3. The van der Waals surface area contributed by atoms with Gasteiger partial charge in [0.2, 0.25) is 0 Å². The minimum Gasteiger partial charge on any atom is -0.434 e. The molecule has 2 bridgehead atoms. The third-order valence-corrected chi connectivity index (χ3v) is 8.44. The van der Waals surface area contributed by atoms with Crippen LogP contribution in [0.25, 0.3) is 16.9 Å². The molecule has 1 amide bonds. The molecule has 1 aromatic carbocycles. The van der Waals surface area contributed by atoms with E-state index >= 15 is 0 Å². The zero-order chi connectivity index (χ0) is 26.2. The lowest BCUT2D eigenvalue weighted by Crippen LogP contribution is -2.43. The first-order valence-electron chi connectivity index (χ1n) is 12.7. The van der Waals surface area contributed by atoms with Crippen molar-refractivity contribution in [2.24, 2.45) is 5.73 Å². The molecule has 2 unspecified atom stereocenters. The molecule has 7 rings (SSSR count). The van der Waals surface area contributed by atoms with Crippen LogP contribution in [-0.4, -0.2) is 55.6 Å². The molecule has 3 aliphatic rings. The summed E-state index contributed by atoms with van der Waals surface area (Å²) in [4.78, 5) is 29.1. The fourth-order valence-corrected chi connectivity index (χ4v) is 6.24. The topological polar surface area (TPSA) is 112 Å². The number of nitrogens with zero attached hydrogens (tertiary/aromatic N) is 6. The Kier molecular flexibility index (Phi) is 5.03. The average Bonchev–Trinajstić information content (AvgIpc) is 3.41. The molecule has 0 spiro atoms. The van der Waals surface area contributed by atoms with Gasteiger partial charge in [-0.05, 0) is 37.5 Å². The molecule has 0 radical (unpaired) electrons. The average molecular weight is 518 g/mol. The van der Waals surface area contributed by atoms with Crippen LogP contribution in [0.3, 0.4) is 0 Å². The van der Waals surface area contributed by atoms with Crippen molar-refractivity contribution in [1.29, 1.82) is 0 Å². The number of fused-ring (bicyclic) bond motifs is 9. The Morgan fingerprint density at radius 2 is 1.97 bits per heavy atom. The lowest BCUT2D eigenvalue weighted by Gasteiger charge is -2.39. The number of ether oxygens (including phenoxy) is 1. The molecule has 38 heavy (non-hydrogen) atoms. The van der Waals surface area contributed by atoms with Crippen molar-refractivity contribution in [1.82, 2.24) is 29.5 Å². The molecule has 2 aliphatic carbocycles. The van der Waals surface area contributed by atoms with Gasteiger partial charge in [-0.1, -0.05) is 12.5 Å². The van der Waals surface area contributed by atoms with Gasteiger partial charge in [-0.15, -0.1) is 0 Å². The smallest absolute Gasteiger partial charge is 0.387 e. The van der Waals surface area contributed by atoms with E-state index in [9.17, 15) is 13.6 Å². The Labute approximate surface area is 216 Å². The fourth-order valence-electron chi connectivity index (χ4n) is 6.24. The van der Waals surface area contributed by atoms with Gasteiger partial charge < -0.3 is 15.4 Å². The van der Waals surface area contributed by atoms with E-state index in [1.807, 2.05) is 12.3 Å². The zero-order valence-corrected chi connectivity index (χ0v) is 20.6. The van der Waals surface area contributed by atoms with Crippen LogP contribution in [0.1, 0.15) is 70.6 Å². The van der Waals surface area contributed by atoms with E-state index in [1.165, 1.54) is 6.07 Å². The van der Waals surface area contributed by atoms with Gasteiger partial charge >= 0.3 is 6.61 Å². The van der Waals surface area contributed by atoms with Crippen molar-refractivity contribution in [2.45, 2.75) is 49.7 Å². The Morgan fingerprint density at radius 3 is 2.66 bits per heavy atom. The van der Waals surface area contributed by atoms with Gasteiger partial charge in [0.05, 0.1) is 17.4 Å². The van der Waals surface area contributed by atoms with Gasteiger partial charge in [-0.2, -0.15) is 13.9 Å². The van der Waals surface area contributed by atoms with E-state index in [4.69, 9.17) is 20.6 Å². The van der Waals surface area contributed by atoms with Crippen LogP contribution < -0.4 is 10.5 Å². The highest BCUT2D eigenvalue weighted by atomic mass is 19.3. The quantitative estimate of drug-likeness (QED) is 0.428. The molecule has 2 atom stereocenters. The molecule has 0 saturated heterocycles. The van der Waals surface area contributed by atoms with Crippen LogP contribution in [0.15, 0.2) is 42.9 Å². The van der Waals surface area contributed by atoms with Crippen molar-refractivity contribution in [3.8, 4) is 17.0 Å². The standard InChI is InChI=1S/C27H25F2N7O2/c1-35-18-10-16(20-15(24(35)37)4-2-5-19(20)38-26(28)29)21-22(18)34-36-9-6-17(33-23(21)36)14-11-31-25(32-12-14)27(13-30)7-3-8-27/h2,4-6,9,11-12,16,18,26H,3,7-8,10,13,30H2,1H3. The second kappa shape index (κ2) is 8.26. The summed E-state index contributed by atoms with van der Waals surface area (Å²) in [5, 5.41) is 4.76. The Morgan fingerprint density at radius 1 is 1.18 bits per heavy atom. The first-order chi connectivity index (χ1) is 18.4. The summed E-state index contributed by atoms with van der Waals surface area (Å²) in [6, 6.07) is 6.24. The first-order valence-corrected chi connectivity index (χ1v) is 12.7. The number of alkyl halides is 2. The number of halogens is 2. The van der Waals surface area contributed by atoms with E-state index in [-0.39, 0.29) is 29.0 Å². The second-order valence-electron chi connectivity index (χ2n) is 10.3.